The van der Waals surface area contributed by atoms with Gasteiger partial charge in [-0.15, -0.1) is 22.1 Å². The van der Waals surface area contributed by atoms with E-state index in [4.69, 9.17) is 0 Å². The summed E-state index contributed by atoms with van der Waals surface area (Å²) < 4.78 is 23.8. The largest absolute Gasteiger partial charge is 0.390 e. The van der Waals surface area contributed by atoms with E-state index >= 15 is 0 Å². The summed E-state index contributed by atoms with van der Waals surface area (Å²) in [6.07, 6.45) is 2.99. The molecule has 0 radical (unpaired) electrons. The molecule has 2 aromatic carbocycles. The first-order chi connectivity index (χ1) is 18.7. The third kappa shape index (κ3) is 8.40. The molecule has 0 bridgehead atoms. The third-order valence-corrected chi connectivity index (χ3v) is 9.90. The van der Waals surface area contributed by atoms with Gasteiger partial charge in [0.1, 0.15) is 0 Å². The fourth-order valence-corrected chi connectivity index (χ4v) is 7.56. The smallest absolute Gasteiger partial charge is 0.251 e. The Morgan fingerprint density at radius 1 is 1.21 bits per heavy atom. The summed E-state index contributed by atoms with van der Waals surface area (Å²) in [4.78, 5) is 18.8. The number of hydrogen-bond donors (Lipinski definition) is 6. The van der Waals surface area contributed by atoms with Crippen LogP contribution in [0.4, 0.5) is 11.4 Å². The Morgan fingerprint density at radius 2 is 2.00 bits per heavy atom. The van der Waals surface area contributed by atoms with Crippen LogP contribution in [0.25, 0.3) is 0 Å². The quantitative estimate of drug-likeness (QED) is 0.162. The van der Waals surface area contributed by atoms with Crippen LogP contribution in [-0.2, 0) is 13.0 Å². The van der Waals surface area contributed by atoms with Crippen LogP contribution in [0.3, 0.4) is 0 Å². The van der Waals surface area contributed by atoms with E-state index in [9.17, 15) is 19.0 Å². The predicted molar refractivity (Wildman–Crippen MR) is 164 cm³/mol. The number of aliphatic hydroxyl groups is 1. The van der Waals surface area contributed by atoms with Crippen LogP contribution in [0.2, 0.25) is 0 Å². The summed E-state index contributed by atoms with van der Waals surface area (Å²) >= 11 is 4.89. The number of anilines is 2. The lowest BCUT2D eigenvalue weighted by Crippen LogP contribution is -2.48. The highest BCUT2D eigenvalue weighted by molar-refractivity contribution is 9.11. The van der Waals surface area contributed by atoms with Gasteiger partial charge in [-0.2, -0.15) is 0 Å². The molecule has 2 heterocycles. The Balaban J connectivity index is 1.53. The van der Waals surface area contributed by atoms with E-state index in [0.717, 1.165) is 32.9 Å². The zero-order chi connectivity index (χ0) is 27.8. The van der Waals surface area contributed by atoms with Gasteiger partial charge in [-0.3, -0.25) is 18.2 Å². The van der Waals surface area contributed by atoms with Crippen LogP contribution in [0, 0.1) is 0 Å². The second-order valence-corrected chi connectivity index (χ2v) is 14.0. The molecular formula is C27H36BrN5O4S2. The van der Waals surface area contributed by atoms with Crippen molar-refractivity contribution in [1.82, 2.24) is 15.6 Å². The number of aromatic nitrogens is 1. The number of nitrogens with one attached hydrogen (secondary N) is 3. The predicted octanol–water partition coefficient (Wildman–Crippen LogP) is 5.10. The molecule has 9 nitrogen and oxygen atoms in total. The standard InChI is InChI=1S/C27H36BrN5O4S2/c1-2-30-21-13-20(14-22(15-21)33-10-6-7-11-39(33,36)37)26(35)32-24(12-19-8-4-3-5-9-19)25(34)18-29-16-23-17-31-27(28)38-23/h3-5,8-9,13-15,17,24-25,29-30,34,36-37H,2,6-7,10-12,16,18H2,1H3,(H,32,35)/t24-,25+/m0/s1. The molecule has 0 spiro atoms. The van der Waals surface area contributed by atoms with E-state index in [2.05, 4.69) is 36.9 Å². The van der Waals surface area contributed by atoms with Crippen molar-refractivity contribution in [3.8, 4) is 0 Å². The molecule has 0 unspecified atom stereocenters. The van der Waals surface area contributed by atoms with Gasteiger partial charge in [0.2, 0.25) is 0 Å². The van der Waals surface area contributed by atoms with Gasteiger partial charge in [-0.05, 0) is 65.9 Å². The van der Waals surface area contributed by atoms with Crippen molar-refractivity contribution in [2.45, 2.75) is 44.9 Å². The molecule has 0 saturated carbocycles. The van der Waals surface area contributed by atoms with Crippen molar-refractivity contribution in [3.05, 3.63) is 74.6 Å². The molecular weight excluding hydrogens is 602 g/mol. The average Bonchev–Trinajstić information content (AvgIpc) is 3.33. The third-order valence-electron chi connectivity index (χ3n) is 6.49. The Morgan fingerprint density at radius 3 is 2.69 bits per heavy atom. The van der Waals surface area contributed by atoms with Crippen molar-refractivity contribution in [2.75, 3.05) is 35.0 Å². The molecule has 1 aliphatic heterocycles. The number of rotatable bonds is 12. The number of carbonyl (C=O) groups excluding carboxylic acids is 1. The highest BCUT2D eigenvalue weighted by Gasteiger charge is 2.28. The maximum absolute atomic E-state index is 13.6. The van der Waals surface area contributed by atoms with Crippen molar-refractivity contribution >= 4 is 55.3 Å². The number of carbonyl (C=O) groups is 1. The van der Waals surface area contributed by atoms with Gasteiger partial charge >= 0.3 is 0 Å². The minimum Gasteiger partial charge on any atom is -0.390 e. The first-order valence-corrected chi connectivity index (χ1v) is 16.3. The fourth-order valence-electron chi connectivity index (χ4n) is 4.55. The second-order valence-electron chi connectivity index (χ2n) is 9.49. The van der Waals surface area contributed by atoms with Gasteiger partial charge in [-0.1, -0.05) is 30.3 Å². The summed E-state index contributed by atoms with van der Waals surface area (Å²) in [6.45, 7) is 3.97. The summed E-state index contributed by atoms with van der Waals surface area (Å²) in [7, 11) is -2.94. The molecule has 1 aliphatic rings. The van der Waals surface area contributed by atoms with Gasteiger partial charge in [-0.25, -0.2) is 4.98 Å². The Labute approximate surface area is 243 Å². The molecule has 1 saturated heterocycles. The topological polar surface area (TPSA) is 130 Å². The van der Waals surface area contributed by atoms with Gasteiger partial charge < -0.3 is 21.1 Å². The number of aliphatic hydroxyl groups excluding tert-OH is 1. The molecule has 3 aromatic rings. The molecule has 0 aliphatic carbocycles. The number of benzene rings is 2. The molecule has 1 fully saturated rings. The SMILES string of the molecule is CCNc1cc(C(=O)N[C@@H](Cc2ccccc2)[C@H](O)CNCc2cnc(Br)s2)cc(N2CCCCS2(O)O)c1. The van der Waals surface area contributed by atoms with Crippen molar-refractivity contribution in [2.24, 2.45) is 0 Å². The molecule has 1 aromatic heterocycles. The van der Waals surface area contributed by atoms with E-state index < -0.39 is 22.9 Å². The Bertz CT molecular complexity index is 1230. The first-order valence-electron chi connectivity index (χ1n) is 13.0. The monoisotopic (exact) mass is 637 g/mol. The number of thiazole rings is 1. The summed E-state index contributed by atoms with van der Waals surface area (Å²) in [6, 6.07) is 14.5. The highest BCUT2D eigenvalue weighted by atomic mass is 79.9. The zero-order valence-electron chi connectivity index (χ0n) is 21.8. The summed E-state index contributed by atoms with van der Waals surface area (Å²) in [5.74, 6) is -0.0209. The summed E-state index contributed by atoms with van der Waals surface area (Å²) in [5, 5.41) is 20.7. The van der Waals surface area contributed by atoms with E-state index in [1.165, 1.54) is 11.3 Å². The van der Waals surface area contributed by atoms with Crippen LogP contribution >= 0.6 is 38.0 Å². The molecule has 1 amide bonds. The fraction of sp³-hybridized carbons (Fsp3) is 0.407. The lowest BCUT2D eigenvalue weighted by molar-refractivity contribution is 0.0830. The zero-order valence-corrected chi connectivity index (χ0v) is 25.1. The number of nitrogens with zero attached hydrogens (tertiary/aromatic N) is 2. The number of halogens is 1. The lowest BCUT2D eigenvalue weighted by Gasteiger charge is -2.47. The normalized spacial score (nSPS) is 17.3. The van der Waals surface area contributed by atoms with Crippen LogP contribution in [0.1, 0.15) is 40.6 Å². The molecule has 39 heavy (non-hydrogen) atoms. The van der Waals surface area contributed by atoms with E-state index in [1.807, 2.05) is 43.3 Å². The van der Waals surface area contributed by atoms with Crippen molar-refractivity contribution in [1.29, 1.82) is 0 Å². The molecule has 212 valence electrons. The molecule has 2 atom stereocenters. The van der Waals surface area contributed by atoms with Gasteiger partial charge in [0, 0.05) is 48.5 Å². The van der Waals surface area contributed by atoms with Crippen LogP contribution in [0.5, 0.6) is 0 Å². The van der Waals surface area contributed by atoms with E-state index in [1.54, 1.807) is 22.6 Å². The number of amides is 1. The lowest BCUT2D eigenvalue weighted by atomic mass is 10.00. The minimum absolute atomic E-state index is 0.282. The molecule has 6 N–H and O–H groups in total. The van der Waals surface area contributed by atoms with Gasteiger partial charge in [0.15, 0.2) is 3.92 Å². The van der Waals surface area contributed by atoms with Crippen LogP contribution in [-0.4, -0.2) is 62.6 Å². The van der Waals surface area contributed by atoms with Crippen LogP contribution < -0.4 is 20.3 Å². The van der Waals surface area contributed by atoms with E-state index in [0.29, 0.717) is 43.1 Å². The van der Waals surface area contributed by atoms with Gasteiger partial charge in [0.25, 0.3) is 5.91 Å². The van der Waals surface area contributed by atoms with Crippen molar-refractivity contribution < 1.29 is 19.0 Å². The Hall–Kier alpha value is -2.19. The second kappa shape index (κ2) is 13.9. The molecule has 12 heteroatoms. The van der Waals surface area contributed by atoms with E-state index in [-0.39, 0.29) is 12.5 Å². The molecule has 4 rings (SSSR count). The maximum atomic E-state index is 13.6. The maximum Gasteiger partial charge on any atom is 0.251 e. The average molecular weight is 639 g/mol. The minimum atomic E-state index is -2.94. The number of hydrogen-bond acceptors (Lipinski definition) is 9. The summed E-state index contributed by atoms with van der Waals surface area (Å²) in [5.41, 5.74) is 2.70. The first kappa shape index (κ1) is 29.8. The Kier molecular flexibility index (Phi) is 10.6. The van der Waals surface area contributed by atoms with Gasteiger partial charge in [0.05, 0.1) is 23.6 Å². The highest BCUT2D eigenvalue weighted by Crippen LogP contribution is 2.50. The van der Waals surface area contributed by atoms with Crippen LogP contribution in [0.15, 0.2) is 58.6 Å². The van der Waals surface area contributed by atoms with Crippen molar-refractivity contribution in [3.63, 3.8) is 0 Å².